The molecule has 32 heavy (non-hydrogen) atoms. The number of hydrogen-bond acceptors (Lipinski definition) is 7. The summed E-state index contributed by atoms with van der Waals surface area (Å²) in [5.41, 5.74) is -0.154. The van der Waals surface area contributed by atoms with Gasteiger partial charge in [-0.15, -0.1) is 0 Å². The van der Waals surface area contributed by atoms with Crippen molar-refractivity contribution in [2.45, 2.75) is 31.6 Å². The summed E-state index contributed by atoms with van der Waals surface area (Å²) in [6.45, 7) is 2.67. The molecule has 1 heterocycles. The van der Waals surface area contributed by atoms with Crippen LogP contribution in [0.3, 0.4) is 0 Å². The lowest BCUT2D eigenvalue weighted by molar-refractivity contribution is -0.142. The monoisotopic (exact) mass is 457 g/mol. The molecule has 0 amide bonds. The van der Waals surface area contributed by atoms with Crippen LogP contribution in [0.15, 0.2) is 65.2 Å². The summed E-state index contributed by atoms with van der Waals surface area (Å²) in [5, 5.41) is 0. The number of esters is 2. The molecule has 0 radical (unpaired) electrons. The van der Waals surface area contributed by atoms with Crippen LogP contribution in [0.1, 0.15) is 42.6 Å². The molecule has 0 aromatic heterocycles. The van der Waals surface area contributed by atoms with Gasteiger partial charge in [0, 0.05) is 17.5 Å². The highest BCUT2D eigenvalue weighted by Gasteiger charge is 2.42. The summed E-state index contributed by atoms with van der Waals surface area (Å²) in [6, 6.07) is 13.8. The van der Waals surface area contributed by atoms with Gasteiger partial charge in [-0.3, -0.25) is 14.4 Å². The predicted molar refractivity (Wildman–Crippen MR) is 116 cm³/mol. The van der Waals surface area contributed by atoms with Gasteiger partial charge in [-0.05, 0) is 25.5 Å². The Morgan fingerprint density at radius 2 is 1.56 bits per heavy atom. The Morgan fingerprint density at radius 3 is 2.22 bits per heavy atom. The molecule has 0 spiro atoms. The first kappa shape index (κ1) is 23.2. The highest BCUT2D eigenvalue weighted by atomic mass is 32.2. The number of fused-ring (bicyclic) bond motifs is 1. The van der Waals surface area contributed by atoms with E-state index in [1.165, 1.54) is 30.3 Å². The van der Waals surface area contributed by atoms with E-state index in [4.69, 9.17) is 9.47 Å². The molecule has 2 aromatic rings. The SMILES string of the molecule is CCCC(=O)OC1=C(C(=O)c2ccccc2)N(CC(=O)OCC)S(=O)(=O)c2ccccc21. The zero-order chi connectivity index (χ0) is 23.3. The molecule has 0 bridgehead atoms. The van der Waals surface area contributed by atoms with Crippen molar-refractivity contribution in [3.8, 4) is 0 Å². The van der Waals surface area contributed by atoms with Gasteiger partial charge < -0.3 is 9.47 Å². The van der Waals surface area contributed by atoms with Gasteiger partial charge in [0.05, 0.1) is 11.5 Å². The molecule has 0 unspecified atom stereocenters. The van der Waals surface area contributed by atoms with Crippen molar-refractivity contribution in [1.29, 1.82) is 0 Å². The number of nitrogens with zero attached hydrogens (tertiary/aromatic N) is 1. The van der Waals surface area contributed by atoms with Crippen molar-refractivity contribution >= 4 is 33.5 Å². The normalized spacial score (nSPS) is 14.5. The summed E-state index contributed by atoms with van der Waals surface area (Å²) in [7, 11) is -4.32. The van der Waals surface area contributed by atoms with Crippen LogP contribution in [0.2, 0.25) is 0 Å². The van der Waals surface area contributed by atoms with E-state index in [0.717, 1.165) is 0 Å². The molecule has 0 N–H and O–H groups in total. The number of rotatable bonds is 8. The summed E-state index contributed by atoms with van der Waals surface area (Å²) in [5.74, 6) is -2.36. The highest BCUT2D eigenvalue weighted by molar-refractivity contribution is 7.89. The Bertz CT molecular complexity index is 1170. The zero-order valence-electron chi connectivity index (χ0n) is 17.7. The molecule has 0 aliphatic carbocycles. The van der Waals surface area contributed by atoms with Gasteiger partial charge in [0.2, 0.25) is 5.78 Å². The first-order chi connectivity index (χ1) is 15.3. The lowest BCUT2D eigenvalue weighted by Crippen LogP contribution is -2.42. The molecule has 1 aliphatic heterocycles. The van der Waals surface area contributed by atoms with E-state index in [1.54, 1.807) is 38.1 Å². The average Bonchev–Trinajstić information content (AvgIpc) is 2.78. The predicted octanol–water partition coefficient (Wildman–Crippen LogP) is 3.15. The lowest BCUT2D eigenvalue weighted by Gasteiger charge is -2.32. The van der Waals surface area contributed by atoms with E-state index < -0.39 is 40.0 Å². The van der Waals surface area contributed by atoms with E-state index in [2.05, 4.69) is 0 Å². The molecule has 168 valence electrons. The Kier molecular flexibility index (Phi) is 7.09. The van der Waals surface area contributed by atoms with Gasteiger partial charge in [0.25, 0.3) is 10.0 Å². The number of allylic oxidation sites excluding steroid dienone is 1. The largest absolute Gasteiger partial charge is 0.465 e. The van der Waals surface area contributed by atoms with Crippen molar-refractivity contribution in [3.63, 3.8) is 0 Å². The maximum atomic E-state index is 13.5. The number of benzene rings is 2. The van der Waals surface area contributed by atoms with Crippen LogP contribution in [0.4, 0.5) is 0 Å². The maximum absolute atomic E-state index is 13.5. The van der Waals surface area contributed by atoms with Crippen LogP contribution in [0, 0.1) is 0 Å². The van der Waals surface area contributed by atoms with E-state index in [0.29, 0.717) is 10.7 Å². The molecule has 9 heteroatoms. The Balaban J connectivity index is 2.29. The molecule has 8 nitrogen and oxygen atoms in total. The lowest BCUT2D eigenvalue weighted by atomic mass is 10.0. The minimum Gasteiger partial charge on any atom is -0.465 e. The van der Waals surface area contributed by atoms with Gasteiger partial charge in [0.1, 0.15) is 12.2 Å². The van der Waals surface area contributed by atoms with Gasteiger partial charge in [-0.25, -0.2) is 12.7 Å². The second kappa shape index (κ2) is 9.78. The highest BCUT2D eigenvalue weighted by Crippen LogP contribution is 2.39. The van der Waals surface area contributed by atoms with Crippen molar-refractivity contribution in [2.24, 2.45) is 0 Å². The van der Waals surface area contributed by atoms with Crippen LogP contribution in [-0.4, -0.2) is 43.6 Å². The maximum Gasteiger partial charge on any atom is 0.326 e. The van der Waals surface area contributed by atoms with E-state index in [1.807, 2.05) is 0 Å². The number of ketones is 1. The van der Waals surface area contributed by atoms with Crippen LogP contribution in [0.25, 0.3) is 5.76 Å². The number of ether oxygens (including phenoxy) is 2. The van der Waals surface area contributed by atoms with E-state index in [9.17, 15) is 22.8 Å². The van der Waals surface area contributed by atoms with Crippen molar-refractivity contribution in [2.75, 3.05) is 13.2 Å². The van der Waals surface area contributed by atoms with Crippen LogP contribution >= 0.6 is 0 Å². The van der Waals surface area contributed by atoms with Crippen molar-refractivity contribution in [1.82, 2.24) is 4.31 Å². The number of carbonyl (C=O) groups excluding carboxylic acids is 3. The fourth-order valence-corrected chi connectivity index (χ4v) is 4.87. The van der Waals surface area contributed by atoms with E-state index in [-0.39, 0.29) is 34.8 Å². The third-order valence-electron chi connectivity index (χ3n) is 4.66. The number of Topliss-reactive ketones (excluding diaryl/α,β-unsaturated/α-hetero) is 1. The first-order valence-corrected chi connectivity index (χ1v) is 11.6. The van der Waals surface area contributed by atoms with Gasteiger partial charge in [-0.2, -0.15) is 0 Å². The van der Waals surface area contributed by atoms with E-state index >= 15 is 0 Å². The Labute approximate surface area is 186 Å². The van der Waals surface area contributed by atoms with Crippen LogP contribution in [0.5, 0.6) is 0 Å². The molecule has 1 aliphatic rings. The number of hydrogen-bond donors (Lipinski definition) is 0. The van der Waals surface area contributed by atoms with Crippen LogP contribution in [-0.2, 0) is 29.1 Å². The minimum absolute atomic E-state index is 0.0350. The zero-order valence-corrected chi connectivity index (χ0v) is 18.6. The molecule has 2 aromatic carbocycles. The average molecular weight is 458 g/mol. The third kappa shape index (κ3) is 4.57. The van der Waals surface area contributed by atoms with Gasteiger partial charge >= 0.3 is 11.9 Å². The van der Waals surface area contributed by atoms with Crippen LogP contribution < -0.4 is 0 Å². The second-order valence-corrected chi connectivity index (χ2v) is 8.74. The minimum atomic E-state index is -4.32. The van der Waals surface area contributed by atoms with Gasteiger partial charge in [-0.1, -0.05) is 49.4 Å². The van der Waals surface area contributed by atoms with Gasteiger partial charge in [0.15, 0.2) is 5.76 Å². The van der Waals surface area contributed by atoms with Crippen molar-refractivity contribution < 1.29 is 32.3 Å². The standard InChI is InChI=1S/C23H23NO7S/c1-3-10-19(25)31-23-17-13-8-9-14-18(17)32(28,29)24(15-20(26)30-4-2)21(23)22(27)16-11-6-5-7-12-16/h5-9,11-14H,3-4,10,15H2,1-2H3. The molecular weight excluding hydrogens is 434 g/mol. The Morgan fingerprint density at radius 1 is 0.906 bits per heavy atom. The molecular formula is C23H23NO7S. The summed E-state index contributed by atoms with van der Waals surface area (Å²) < 4.78 is 38.0. The smallest absolute Gasteiger partial charge is 0.326 e. The summed E-state index contributed by atoms with van der Waals surface area (Å²) in [4.78, 5) is 38.0. The second-order valence-electron chi connectivity index (χ2n) is 6.91. The quantitative estimate of drug-likeness (QED) is 0.443. The topological polar surface area (TPSA) is 107 Å². The first-order valence-electron chi connectivity index (χ1n) is 10.1. The molecule has 0 fully saturated rings. The number of sulfonamides is 1. The molecule has 0 saturated heterocycles. The summed E-state index contributed by atoms with van der Waals surface area (Å²) >= 11 is 0. The Hall–Kier alpha value is -3.46. The molecule has 3 rings (SSSR count). The molecule has 0 saturated carbocycles. The fraction of sp³-hybridized carbons (Fsp3) is 0.261. The fourth-order valence-electron chi connectivity index (χ4n) is 3.26. The summed E-state index contributed by atoms with van der Waals surface area (Å²) in [6.07, 6.45) is 0.573. The van der Waals surface area contributed by atoms with Crippen molar-refractivity contribution in [3.05, 3.63) is 71.4 Å². The molecule has 0 atom stereocenters. The third-order valence-corrected chi connectivity index (χ3v) is 6.47. The number of carbonyl (C=O) groups is 3.